The van der Waals surface area contributed by atoms with Crippen LogP contribution in [0.2, 0.25) is 0 Å². The Labute approximate surface area is 87.8 Å². The van der Waals surface area contributed by atoms with Crippen LogP contribution in [0.4, 0.5) is 0 Å². The van der Waals surface area contributed by atoms with Crippen LogP contribution in [-0.4, -0.2) is 0 Å². The highest BCUT2D eigenvalue weighted by Crippen LogP contribution is 2.75. The molecule has 0 heterocycles. The SMILES string of the molecule is C=C1C2C3CC(C)C(C3)CC12C(C)C. The largest absolute Gasteiger partial charge is 0.0989 e. The van der Waals surface area contributed by atoms with E-state index in [1.54, 1.807) is 5.57 Å². The molecule has 0 N–H and O–H groups in total. The predicted octanol–water partition coefficient (Wildman–Crippen LogP) is 3.88. The predicted molar refractivity (Wildman–Crippen MR) is 59.9 cm³/mol. The zero-order valence-electron chi connectivity index (χ0n) is 9.72. The summed E-state index contributed by atoms with van der Waals surface area (Å²) in [4.78, 5) is 0. The number of hydrogen-bond acceptors (Lipinski definition) is 0. The average molecular weight is 190 g/mol. The summed E-state index contributed by atoms with van der Waals surface area (Å²) < 4.78 is 0. The van der Waals surface area contributed by atoms with Crippen molar-refractivity contribution in [1.82, 2.24) is 0 Å². The molecular formula is C14H22. The van der Waals surface area contributed by atoms with Gasteiger partial charge in [0.25, 0.3) is 0 Å². The quantitative estimate of drug-likeness (QED) is 0.550. The molecule has 0 aromatic rings. The third kappa shape index (κ3) is 0.816. The number of rotatable bonds is 1. The lowest BCUT2D eigenvalue weighted by atomic mass is 9.74. The highest BCUT2D eigenvalue weighted by atomic mass is 14.7. The van der Waals surface area contributed by atoms with Gasteiger partial charge in [-0.1, -0.05) is 32.9 Å². The first kappa shape index (κ1) is 9.00. The number of allylic oxidation sites excluding steroid dienone is 1. The molecule has 0 radical (unpaired) electrons. The van der Waals surface area contributed by atoms with Crippen molar-refractivity contribution in [2.75, 3.05) is 0 Å². The molecule has 5 unspecified atom stereocenters. The summed E-state index contributed by atoms with van der Waals surface area (Å²) in [6.07, 6.45) is 4.47. The standard InChI is InChI=1S/C14H22/c1-8(2)14-7-12-6-11(5-9(12)3)13(14)10(14)4/h8-9,11-13H,4-7H2,1-3H3. The summed E-state index contributed by atoms with van der Waals surface area (Å²) in [6, 6.07) is 0. The zero-order valence-corrected chi connectivity index (χ0v) is 9.72. The molecule has 0 aromatic carbocycles. The maximum absolute atomic E-state index is 4.35. The fraction of sp³-hybridized carbons (Fsp3) is 0.857. The van der Waals surface area contributed by atoms with E-state index in [0.29, 0.717) is 5.41 Å². The lowest BCUT2D eigenvalue weighted by molar-refractivity contribution is 0.185. The van der Waals surface area contributed by atoms with Gasteiger partial charge in [-0.2, -0.15) is 0 Å². The summed E-state index contributed by atoms with van der Waals surface area (Å²) in [5.74, 6) is 4.78. The van der Waals surface area contributed by atoms with E-state index >= 15 is 0 Å². The van der Waals surface area contributed by atoms with Crippen LogP contribution in [0.15, 0.2) is 12.2 Å². The lowest BCUT2D eigenvalue weighted by Gasteiger charge is -2.30. The van der Waals surface area contributed by atoms with Crippen LogP contribution in [0.1, 0.15) is 40.0 Å². The fourth-order valence-electron chi connectivity index (χ4n) is 4.80. The Morgan fingerprint density at radius 3 is 2.64 bits per heavy atom. The highest BCUT2D eigenvalue weighted by molar-refractivity contribution is 5.40. The van der Waals surface area contributed by atoms with Crippen molar-refractivity contribution in [3.8, 4) is 0 Å². The van der Waals surface area contributed by atoms with Crippen molar-refractivity contribution < 1.29 is 0 Å². The van der Waals surface area contributed by atoms with E-state index in [9.17, 15) is 0 Å². The van der Waals surface area contributed by atoms with E-state index in [0.717, 1.165) is 29.6 Å². The lowest BCUT2D eigenvalue weighted by Crippen LogP contribution is -2.23. The van der Waals surface area contributed by atoms with Gasteiger partial charge in [-0.3, -0.25) is 0 Å². The monoisotopic (exact) mass is 190 g/mol. The summed E-state index contributed by atoms with van der Waals surface area (Å²) in [5, 5.41) is 0. The van der Waals surface area contributed by atoms with Crippen molar-refractivity contribution >= 4 is 0 Å². The van der Waals surface area contributed by atoms with Crippen LogP contribution in [0.25, 0.3) is 0 Å². The molecule has 0 spiro atoms. The molecule has 0 aliphatic heterocycles. The molecular weight excluding hydrogens is 168 g/mol. The maximum Gasteiger partial charge on any atom is 0.000626 e. The Balaban J connectivity index is 1.94. The van der Waals surface area contributed by atoms with Crippen LogP contribution in [0.5, 0.6) is 0 Å². The van der Waals surface area contributed by atoms with Crippen molar-refractivity contribution in [2.45, 2.75) is 40.0 Å². The van der Waals surface area contributed by atoms with E-state index < -0.39 is 0 Å². The van der Waals surface area contributed by atoms with Gasteiger partial charge in [0, 0.05) is 5.41 Å². The second kappa shape index (κ2) is 2.46. The topological polar surface area (TPSA) is 0 Å². The summed E-state index contributed by atoms with van der Waals surface area (Å²) in [5.41, 5.74) is 2.21. The molecule has 0 heteroatoms. The molecule has 0 saturated heterocycles. The highest BCUT2D eigenvalue weighted by Gasteiger charge is 2.67. The van der Waals surface area contributed by atoms with Gasteiger partial charge < -0.3 is 0 Å². The average Bonchev–Trinajstić information content (AvgIpc) is 2.63. The van der Waals surface area contributed by atoms with Crippen LogP contribution >= 0.6 is 0 Å². The van der Waals surface area contributed by atoms with Gasteiger partial charge in [0.2, 0.25) is 0 Å². The minimum absolute atomic E-state index is 0.596. The third-order valence-electron chi connectivity index (χ3n) is 5.63. The van der Waals surface area contributed by atoms with Crippen molar-refractivity contribution in [3.63, 3.8) is 0 Å². The zero-order chi connectivity index (χ0) is 10.1. The van der Waals surface area contributed by atoms with Crippen molar-refractivity contribution in [1.29, 1.82) is 0 Å². The molecule has 0 aromatic heterocycles. The fourth-order valence-corrected chi connectivity index (χ4v) is 4.80. The van der Waals surface area contributed by atoms with E-state index in [1.165, 1.54) is 19.3 Å². The summed E-state index contributed by atoms with van der Waals surface area (Å²) >= 11 is 0. The molecule has 3 rings (SSSR count). The first-order valence-corrected chi connectivity index (χ1v) is 6.26. The van der Waals surface area contributed by atoms with E-state index in [-0.39, 0.29) is 0 Å². The molecule has 14 heavy (non-hydrogen) atoms. The summed E-state index contributed by atoms with van der Waals surface area (Å²) in [7, 11) is 0. The van der Waals surface area contributed by atoms with Crippen LogP contribution in [0, 0.1) is 35.0 Å². The molecule has 2 bridgehead atoms. The first-order chi connectivity index (χ1) is 6.57. The van der Waals surface area contributed by atoms with E-state index in [1.807, 2.05) is 0 Å². The molecule has 5 atom stereocenters. The van der Waals surface area contributed by atoms with Gasteiger partial charge >= 0.3 is 0 Å². The number of fused-ring (bicyclic) bond motifs is 4. The Bertz CT molecular complexity index is 286. The third-order valence-corrected chi connectivity index (χ3v) is 5.63. The van der Waals surface area contributed by atoms with Crippen LogP contribution in [-0.2, 0) is 0 Å². The first-order valence-electron chi connectivity index (χ1n) is 6.26. The van der Waals surface area contributed by atoms with Crippen LogP contribution in [0.3, 0.4) is 0 Å². The minimum atomic E-state index is 0.596. The molecule has 0 nitrogen and oxygen atoms in total. The summed E-state index contributed by atoms with van der Waals surface area (Å²) in [6.45, 7) is 11.6. The van der Waals surface area contributed by atoms with Gasteiger partial charge in [0.1, 0.15) is 0 Å². The minimum Gasteiger partial charge on any atom is -0.0989 e. The van der Waals surface area contributed by atoms with Gasteiger partial charge in [0.05, 0.1) is 0 Å². The van der Waals surface area contributed by atoms with E-state index in [4.69, 9.17) is 0 Å². The molecule has 3 fully saturated rings. The molecule has 3 aliphatic rings. The van der Waals surface area contributed by atoms with E-state index in [2.05, 4.69) is 27.4 Å². The Morgan fingerprint density at radius 2 is 2.00 bits per heavy atom. The Morgan fingerprint density at radius 1 is 1.29 bits per heavy atom. The van der Waals surface area contributed by atoms with Crippen molar-refractivity contribution in [2.24, 2.45) is 35.0 Å². The second-order valence-electron chi connectivity index (χ2n) is 6.37. The molecule has 0 amide bonds. The molecule has 3 saturated carbocycles. The van der Waals surface area contributed by atoms with Gasteiger partial charge in [-0.05, 0) is 48.9 Å². The Hall–Kier alpha value is -0.260. The Kier molecular flexibility index (Phi) is 1.58. The number of hydrogen-bond donors (Lipinski definition) is 0. The smallest absolute Gasteiger partial charge is 0.000626 e. The van der Waals surface area contributed by atoms with Gasteiger partial charge in [-0.25, -0.2) is 0 Å². The molecule has 3 aliphatic carbocycles. The van der Waals surface area contributed by atoms with Gasteiger partial charge in [0.15, 0.2) is 0 Å². The normalized spacial score (nSPS) is 55.0. The second-order valence-corrected chi connectivity index (χ2v) is 6.37. The van der Waals surface area contributed by atoms with Crippen molar-refractivity contribution in [3.05, 3.63) is 12.2 Å². The molecule has 78 valence electrons. The van der Waals surface area contributed by atoms with Gasteiger partial charge in [-0.15, -0.1) is 0 Å². The van der Waals surface area contributed by atoms with Crippen LogP contribution < -0.4 is 0 Å². The maximum atomic E-state index is 4.35.